The minimum atomic E-state index is 0.566. The zero-order valence-corrected chi connectivity index (χ0v) is 11.7. The topological polar surface area (TPSA) is 17.1 Å². The van der Waals surface area contributed by atoms with Crippen molar-refractivity contribution in [3.05, 3.63) is 63.6 Å². The number of hydrogen-bond acceptors (Lipinski definition) is 2. The molecule has 0 saturated heterocycles. The van der Waals surface area contributed by atoms with Gasteiger partial charge in [0.2, 0.25) is 0 Å². The molecule has 0 bridgehead atoms. The van der Waals surface area contributed by atoms with Crippen LogP contribution in [0.25, 0.3) is 0 Å². The number of carbonyl (C=O) groups is 1. The summed E-state index contributed by atoms with van der Waals surface area (Å²) in [6, 6.07) is 13.1. The molecule has 0 radical (unpaired) electrons. The second-order valence-electron chi connectivity index (χ2n) is 3.69. The molecule has 0 heterocycles. The normalized spacial score (nSPS) is 10.3. The van der Waals surface area contributed by atoms with Crippen molar-refractivity contribution in [2.45, 2.75) is 10.6 Å². The van der Waals surface area contributed by atoms with E-state index in [4.69, 9.17) is 23.2 Å². The van der Waals surface area contributed by atoms with Crippen LogP contribution in [-0.2, 0) is 5.75 Å². The first kappa shape index (κ1) is 13.5. The first-order chi connectivity index (χ1) is 8.70. The standard InChI is InChI=1S/C14H10Cl2OS/c15-13-6-2-4-11(14(13)16)9-18-12-5-1-3-10(7-12)8-17/h1-8H,9H2. The van der Waals surface area contributed by atoms with Crippen LogP contribution in [0.15, 0.2) is 47.4 Å². The van der Waals surface area contributed by atoms with Crippen LogP contribution in [-0.4, -0.2) is 6.29 Å². The van der Waals surface area contributed by atoms with Gasteiger partial charge in [0.25, 0.3) is 0 Å². The van der Waals surface area contributed by atoms with Crippen molar-refractivity contribution >= 4 is 41.2 Å². The van der Waals surface area contributed by atoms with E-state index in [1.54, 1.807) is 23.9 Å². The summed E-state index contributed by atoms with van der Waals surface area (Å²) >= 11 is 13.7. The summed E-state index contributed by atoms with van der Waals surface area (Å²) in [5, 5.41) is 1.16. The molecule has 2 aromatic rings. The lowest BCUT2D eigenvalue weighted by atomic mass is 10.2. The molecule has 0 saturated carbocycles. The largest absolute Gasteiger partial charge is 0.298 e. The average molecular weight is 297 g/mol. The van der Waals surface area contributed by atoms with Crippen LogP contribution in [0.5, 0.6) is 0 Å². The van der Waals surface area contributed by atoms with Crippen molar-refractivity contribution in [2.75, 3.05) is 0 Å². The number of aldehydes is 1. The van der Waals surface area contributed by atoms with Crippen LogP contribution in [0.3, 0.4) is 0 Å². The summed E-state index contributed by atoms with van der Waals surface area (Å²) in [5.74, 6) is 0.724. The van der Waals surface area contributed by atoms with Crippen molar-refractivity contribution in [1.29, 1.82) is 0 Å². The summed E-state index contributed by atoms with van der Waals surface area (Å²) in [4.78, 5) is 11.7. The fourth-order valence-electron chi connectivity index (χ4n) is 1.50. The van der Waals surface area contributed by atoms with E-state index in [-0.39, 0.29) is 0 Å². The number of hydrogen-bond donors (Lipinski definition) is 0. The molecule has 0 unspecified atom stereocenters. The number of carbonyl (C=O) groups excluding carboxylic acids is 1. The van der Waals surface area contributed by atoms with Gasteiger partial charge in [0.1, 0.15) is 6.29 Å². The van der Waals surface area contributed by atoms with Crippen molar-refractivity contribution in [2.24, 2.45) is 0 Å². The lowest BCUT2D eigenvalue weighted by Crippen LogP contribution is -1.85. The zero-order valence-electron chi connectivity index (χ0n) is 9.40. The van der Waals surface area contributed by atoms with Gasteiger partial charge in [0.15, 0.2) is 0 Å². The van der Waals surface area contributed by atoms with E-state index >= 15 is 0 Å². The van der Waals surface area contributed by atoms with Gasteiger partial charge in [-0.1, -0.05) is 47.5 Å². The van der Waals surface area contributed by atoms with Crippen molar-refractivity contribution < 1.29 is 4.79 Å². The Bertz CT molecular complexity index is 569. The average Bonchev–Trinajstić information content (AvgIpc) is 2.41. The van der Waals surface area contributed by atoms with E-state index in [0.29, 0.717) is 15.6 Å². The van der Waals surface area contributed by atoms with E-state index in [0.717, 1.165) is 22.5 Å². The summed E-state index contributed by atoms with van der Waals surface area (Å²) < 4.78 is 0. The maximum Gasteiger partial charge on any atom is 0.150 e. The maximum absolute atomic E-state index is 10.7. The highest BCUT2D eigenvalue weighted by molar-refractivity contribution is 7.98. The highest BCUT2D eigenvalue weighted by Crippen LogP contribution is 2.31. The molecule has 0 amide bonds. The first-order valence-electron chi connectivity index (χ1n) is 5.31. The highest BCUT2D eigenvalue weighted by atomic mass is 35.5. The second kappa shape index (κ2) is 6.28. The third kappa shape index (κ3) is 3.29. The van der Waals surface area contributed by atoms with Crippen molar-refractivity contribution in [3.63, 3.8) is 0 Å². The number of thioether (sulfide) groups is 1. The Hall–Kier alpha value is -0.960. The predicted octanol–water partition coefficient (Wildman–Crippen LogP) is 5.10. The van der Waals surface area contributed by atoms with Crippen LogP contribution in [0.4, 0.5) is 0 Å². The van der Waals surface area contributed by atoms with Gasteiger partial charge in [-0.25, -0.2) is 0 Å². The fraction of sp³-hybridized carbons (Fsp3) is 0.0714. The molecule has 0 fully saturated rings. The summed E-state index contributed by atoms with van der Waals surface area (Å²) in [5.41, 5.74) is 1.67. The smallest absolute Gasteiger partial charge is 0.150 e. The van der Waals surface area contributed by atoms with E-state index in [1.807, 2.05) is 30.3 Å². The molecule has 0 aliphatic carbocycles. The minimum absolute atomic E-state index is 0.566. The van der Waals surface area contributed by atoms with Gasteiger partial charge in [-0.2, -0.15) is 0 Å². The Morgan fingerprint density at radius 1 is 1.11 bits per heavy atom. The van der Waals surface area contributed by atoms with Crippen LogP contribution in [0.1, 0.15) is 15.9 Å². The van der Waals surface area contributed by atoms with Gasteiger partial charge >= 0.3 is 0 Å². The number of benzene rings is 2. The molecule has 92 valence electrons. The van der Waals surface area contributed by atoms with Gasteiger partial charge in [0, 0.05) is 16.2 Å². The van der Waals surface area contributed by atoms with E-state index < -0.39 is 0 Å². The van der Waals surface area contributed by atoms with E-state index in [9.17, 15) is 4.79 Å². The molecule has 2 aromatic carbocycles. The lowest BCUT2D eigenvalue weighted by molar-refractivity contribution is 0.112. The lowest BCUT2D eigenvalue weighted by Gasteiger charge is -2.06. The quantitative estimate of drug-likeness (QED) is 0.577. The van der Waals surface area contributed by atoms with E-state index in [1.165, 1.54) is 0 Å². The molecule has 4 heteroatoms. The van der Waals surface area contributed by atoms with Gasteiger partial charge in [-0.3, -0.25) is 4.79 Å². The first-order valence-corrected chi connectivity index (χ1v) is 7.06. The molecule has 2 rings (SSSR count). The maximum atomic E-state index is 10.7. The Labute approximate surface area is 120 Å². The Balaban J connectivity index is 2.11. The van der Waals surface area contributed by atoms with Crippen LogP contribution >= 0.6 is 35.0 Å². The summed E-state index contributed by atoms with van der Waals surface area (Å²) in [6.45, 7) is 0. The van der Waals surface area contributed by atoms with Crippen LogP contribution < -0.4 is 0 Å². The third-order valence-corrected chi connectivity index (χ3v) is 4.32. The molecule has 18 heavy (non-hydrogen) atoms. The van der Waals surface area contributed by atoms with E-state index in [2.05, 4.69) is 0 Å². The van der Waals surface area contributed by atoms with Crippen molar-refractivity contribution in [3.8, 4) is 0 Å². The predicted molar refractivity (Wildman–Crippen MR) is 77.9 cm³/mol. The Morgan fingerprint density at radius 2 is 1.89 bits per heavy atom. The van der Waals surface area contributed by atoms with Crippen molar-refractivity contribution in [1.82, 2.24) is 0 Å². The minimum Gasteiger partial charge on any atom is -0.298 e. The second-order valence-corrected chi connectivity index (χ2v) is 5.53. The molecule has 1 nitrogen and oxygen atoms in total. The Kier molecular flexibility index (Phi) is 4.70. The molecule has 0 atom stereocenters. The SMILES string of the molecule is O=Cc1cccc(SCc2cccc(Cl)c2Cl)c1. The van der Waals surface area contributed by atoms with Crippen LogP contribution in [0, 0.1) is 0 Å². The fourth-order valence-corrected chi connectivity index (χ4v) is 2.92. The monoisotopic (exact) mass is 296 g/mol. The van der Waals surface area contributed by atoms with Gasteiger partial charge < -0.3 is 0 Å². The molecule has 0 aromatic heterocycles. The van der Waals surface area contributed by atoms with Gasteiger partial charge in [-0.15, -0.1) is 11.8 Å². The zero-order chi connectivity index (χ0) is 13.0. The molecule has 0 aliphatic rings. The van der Waals surface area contributed by atoms with Crippen LogP contribution in [0.2, 0.25) is 10.0 Å². The summed E-state index contributed by atoms with van der Waals surface area (Å²) in [7, 11) is 0. The Morgan fingerprint density at radius 3 is 2.67 bits per heavy atom. The molecule has 0 aliphatic heterocycles. The molecular formula is C14H10Cl2OS. The number of halogens is 2. The van der Waals surface area contributed by atoms with Gasteiger partial charge in [-0.05, 0) is 23.8 Å². The third-order valence-electron chi connectivity index (χ3n) is 2.42. The van der Waals surface area contributed by atoms with Gasteiger partial charge in [0.05, 0.1) is 10.0 Å². The summed E-state index contributed by atoms with van der Waals surface area (Å²) in [6.07, 6.45) is 0.844. The molecule has 0 spiro atoms. The molecule has 0 N–H and O–H groups in total. The highest BCUT2D eigenvalue weighted by Gasteiger charge is 2.05. The molecular weight excluding hydrogens is 287 g/mol. The number of rotatable bonds is 4.